The fraction of sp³-hybridized carbons (Fsp3) is 0.200. The van der Waals surface area contributed by atoms with Crippen molar-refractivity contribution in [1.29, 1.82) is 0 Å². The van der Waals surface area contributed by atoms with Crippen LogP contribution in [0.15, 0.2) is 41.2 Å². The third-order valence-electron chi connectivity index (χ3n) is 3.30. The minimum absolute atomic E-state index is 0.170. The molecule has 3 N–H and O–H groups in total. The number of aromatic nitrogens is 2. The summed E-state index contributed by atoms with van der Waals surface area (Å²) in [6.07, 6.45) is 0.818. The monoisotopic (exact) mass is 317 g/mol. The molecular weight excluding hydrogens is 302 g/mol. The lowest BCUT2D eigenvalue weighted by Gasteiger charge is -2.11. The second-order valence-corrected chi connectivity index (χ2v) is 6.24. The molecule has 0 saturated carbocycles. The summed E-state index contributed by atoms with van der Waals surface area (Å²) in [6, 6.07) is 11.9. The zero-order valence-electron chi connectivity index (χ0n) is 11.3. The fourth-order valence-electron chi connectivity index (χ4n) is 2.30. The Morgan fingerprint density at radius 2 is 2.10 bits per heavy atom. The quantitative estimate of drug-likeness (QED) is 0.727. The van der Waals surface area contributed by atoms with Gasteiger partial charge in [0.2, 0.25) is 0 Å². The van der Waals surface area contributed by atoms with Crippen LogP contribution in [0.4, 0.5) is 0 Å². The number of hydrogen-bond acceptors (Lipinski definition) is 4. The maximum atomic E-state index is 11.8. The van der Waals surface area contributed by atoms with E-state index in [-0.39, 0.29) is 5.56 Å². The van der Waals surface area contributed by atoms with Crippen LogP contribution in [0, 0.1) is 4.77 Å². The highest BCUT2D eigenvalue weighted by molar-refractivity contribution is 7.71. The number of hydrogen-bond donors (Lipinski definition) is 2. The predicted octanol–water partition coefficient (Wildman–Crippen LogP) is 3.14. The van der Waals surface area contributed by atoms with E-state index in [0.29, 0.717) is 17.9 Å². The number of rotatable bonds is 4. The van der Waals surface area contributed by atoms with Gasteiger partial charge < -0.3 is 10.3 Å². The molecule has 6 heteroatoms. The second kappa shape index (κ2) is 5.93. The summed E-state index contributed by atoms with van der Waals surface area (Å²) in [5, 5.41) is 1.18. The van der Waals surface area contributed by atoms with Gasteiger partial charge in [-0.25, -0.2) is 0 Å². The van der Waals surface area contributed by atoms with Crippen LogP contribution < -0.4 is 11.3 Å². The molecule has 0 aliphatic rings. The van der Waals surface area contributed by atoms with Gasteiger partial charge in [0.15, 0.2) is 4.77 Å². The van der Waals surface area contributed by atoms with Gasteiger partial charge >= 0.3 is 0 Å². The molecule has 0 unspecified atom stereocenters. The van der Waals surface area contributed by atoms with Gasteiger partial charge in [0.25, 0.3) is 5.56 Å². The summed E-state index contributed by atoms with van der Waals surface area (Å²) < 4.78 is 3.60. The van der Waals surface area contributed by atoms with Gasteiger partial charge in [-0.15, -0.1) is 11.3 Å². The number of nitrogens with two attached hydrogens (primary N) is 1. The number of fused-ring (bicyclic) bond motifs is 1. The van der Waals surface area contributed by atoms with Crippen molar-refractivity contribution in [3.8, 4) is 10.6 Å². The maximum absolute atomic E-state index is 11.8. The molecule has 0 aliphatic carbocycles. The number of aromatic amines is 1. The molecule has 3 aromatic rings. The summed E-state index contributed by atoms with van der Waals surface area (Å²) in [5.74, 6) is 0. The molecule has 108 valence electrons. The summed E-state index contributed by atoms with van der Waals surface area (Å²) in [4.78, 5) is 15.5. The highest BCUT2D eigenvalue weighted by atomic mass is 32.1. The van der Waals surface area contributed by atoms with E-state index in [2.05, 4.69) is 23.2 Å². The zero-order valence-corrected chi connectivity index (χ0v) is 13.0. The van der Waals surface area contributed by atoms with Gasteiger partial charge in [-0.2, -0.15) is 0 Å². The van der Waals surface area contributed by atoms with Crippen LogP contribution in [0.5, 0.6) is 0 Å². The molecule has 0 atom stereocenters. The van der Waals surface area contributed by atoms with E-state index in [9.17, 15) is 4.79 Å². The van der Waals surface area contributed by atoms with Crippen molar-refractivity contribution in [2.45, 2.75) is 13.0 Å². The topological polar surface area (TPSA) is 63.8 Å². The molecule has 2 aromatic heterocycles. The minimum Gasteiger partial charge on any atom is -0.330 e. The van der Waals surface area contributed by atoms with Crippen LogP contribution in [-0.4, -0.2) is 16.1 Å². The van der Waals surface area contributed by atoms with Crippen LogP contribution >= 0.6 is 23.6 Å². The normalized spacial score (nSPS) is 11.1. The third-order valence-corrected chi connectivity index (χ3v) is 4.76. The molecular formula is C15H15N3OS2. The Kier molecular flexibility index (Phi) is 4.01. The van der Waals surface area contributed by atoms with Crippen LogP contribution in [-0.2, 0) is 6.54 Å². The lowest BCUT2D eigenvalue weighted by Crippen LogP contribution is -2.16. The summed E-state index contributed by atoms with van der Waals surface area (Å²) >= 11 is 6.96. The van der Waals surface area contributed by atoms with Crippen molar-refractivity contribution in [2.75, 3.05) is 6.54 Å². The lowest BCUT2D eigenvalue weighted by molar-refractivity contribution is 0.632. The first kappa shape index (κ1) is 14.2. The summed E-state index contributed by atoms with van der Waals surface area (Å²) in [6.45, 7) is 1.29. The molecule has 1 aromatic carbocycles. The van der Waals surface area contributed by atoms with Crippen molar-refractivity contribution < 1.29 is 0 Å². The van der Waals surface area contributed by atoms with Crippen LogP contribution in [0.2, 0.25) is 0 Å². The molecule has 3 rings (SSSR count). The van der Waals surface area contributed by atoms with E-state index in [1.54, 1.807) is 17.4 Å². The average molecular weight is 317 g/mol. The highest BCUT2D eigenvalue weighted by Gasteiger charge is 2.10. The van der Waals surface area contributed by atoms with Gasteiger partial charge in [-0.05, 0) is 42.7 Å². The molecule has 21 heavy (non-hydrogen) atoms. The molecule has 2 heterocycles. The Bertz CT molecular complexity index is 859. The van der Waals surface area contributed by atoms with Gasteiger partial charge in [-0.1, -0.05) is 18.2 Å². The standard InChI is InChI=1S/C15H15N3OS2/c16-6-3-7-18-11(9-14(19)17-15(18)20)13-8-10-4-1-2-5-12(10)21-13/h1-2,4-5,8-9H,3,6-7,16H2,(H,17,19,20). The van der Waals surface area contributed by atoms with Gasteiger partial charge in [0.1, 0.15) is 0 Å². The van der Waals surface area contributed by atoms with Crippen LogP contribution in [0.3, 0.4) is 0 Å². The molecule has 0 radical (unpaired) electrons. The number of H-pyrrole nitrogens is 1. The summed E-state index contributed by atoms with van der Waals surface area (Å²) in [5.41, 5.74) is 6.28. The van der Waals surface area contributed by atoms with Gasteiger partial charge in [0.05, 0.1) is 10.6 Å². The highest BCUT2D eigenvalue weighted by Crippen LogP contribution is 2.32. The van der Waals surface area contributed by atoms with Gasteiger partial charge in [0, 0.05) is 17.3 Å². The molecule has 0 aliphatic heterocycles. The number of nitrogens with zero attached hydrogens (tertiary/aromatic N) is 1. The Labute approximate surface area is 130 Å². The van der Waals surface area contributed by atoms with Crippen molar-refractivity contribution in [3.05, 3.63) is 51.5 Å². The maximum Gasteiger partial charge on any atom is 0.252 e. The SMILES string of the molecule is NCCCn1c(-c2cc3ccccc3s2)cc(=O)[nH]c1=S. The third kappa shape index (κ3) is 2.83. The van der Waals surface area contributed by atoms with E-state index < -0.39 is 0 Å². The van der Waals surface area contributed by atoms with E-state index in [4.69, 9.17) is 18.0 Å². The van der Waals surface area contributed by atoms with E-state index in [0.717, 1.165) is 17.0 Å². The Morgan fingerprint density at radius 1 is 1.29 bits per heavy atom. The molecule has 0 spiro atoms. The Balaban J connectivity index is 2.20. The van der Waals surface area contributed by atoms with Crippen molar-refractivity contribution in [3.63, 3.8) is 0 Å². The van der Waals surface area contributed by atoms with Gasteiger partial charge in [-0.3, -0.25) is 9.78 Å². The zero-order chi connectivity index (χ0) is 14.8. The van der Waals surface area contributed by atoms with E-state index in [1.165, 1.54) is 10.1 Å². The van der Waals surface area contributed by atoms with Crippen molar-refractivity contribution >= 4 is 33.6 Å². The first-order valence-electron chi connectivity index (χ1n) is 6.72. The molecule has 0 bridgehead atoms. The van der Waals surface area contributed by atoms with Crippen molar-refractivity contribution in [2.24, 2.45) is 5.73 Å². The fourth-order valence-corrected chi connectivity index (χ4v) is 3.68. The van der Waals surface area contributed by atoms with Crippen LogP contribution in [0.1, 0.15) is 6.42 Å². The predicted molar refractivity (Wildman–Crippen MR) is 90.4 cm³/mol. The average Bonchev–Trinajstić information content (AvgIpc) is 2.89. The molecule has 0 fully saturated rings. The number of nitrogens with one attached hydrogen (secondary N) is 1. The smallest absolute Gasteiger partial charge is 0.252 e. The second-order valence-electron chi connectivity index (χ2n) is 4.77. The number of thiophene rings is 1. The molecule has 0 saturated heterocycles. The van der Waals surface area contributed by atoms with Crippen LogP contribution in [0.25, 0.3) is 20.7 Å². The van der Waals surface area contributed by atoms with Crippen molar-refractivity contribution in [1.82, 2.24) is 9.55 Å². The summed E-state index contributed by atoms with van der Waals surface area (Å²) in [7, 11) is 0. The number of benzene rings is 1. The lowest BCUT2D eigenvalue weighted by atomic mass is 10.2. The Hall–Kier alpha value is -1.76. The Morgan fingerprint density at radius 3 is 2.86 bits per heavy atom. The first-order valence-corrected chi connectivity index (χ1v) is 7.94. The molecule has 4 nitrogen and oxygen atoms in total. The van der Waals surface area contributed by atoms with E-state index >= 15 is 0 Å². The molecule has 0 amide bonds. The minimum atomic E-state index is -0.170. The van der Waals surface area contributed by atoms with E-state index in [1.807, 2.05) is 16.7 Å². The largest absolute Gasteiger partial charge is 0.330 e. The first-order chi connectivity index (χ1) is 10.2.